The average molecular weight is 279 g/mol. The van der Waals surface area contributed by atoms with E-state index in [0.717, 1.165) is 12.8 Å². The second kappa shape index (κ2) is 4.92. The van der Waals surface area contributed by atoms with Gasteiger partial charge in [-0.3, -0.25) is 5.32 Å². The van der Waals surface area contributed by atoms with Crippen LogP contribution in [-0.4, -0.2) is 31.2 Å². The van der Waals surface area contributed by atoms with Crippen LogP contribution in [0.25, 0.3) is 0 Å². The molecule has 1 aliphatic carbocycles. The summed E-state index contributed by atoms with van der Waals surface area (Å²) in [6, 6.07) is -0.181. The minimum Gasteiger partial charge on any atom is -0.328 e. The van der Waals surface area contributed by atoms with Crippen LogP contribution >= 0.6 is 11.3 Å². The van der Waals surface area contributed by atoms with Gasteiger partial charge in [0.1, 0.15) is 0 Å². The summed E-state index contributed by atoms with van der Waals surface area (Å²) in [5.41, 5.74) is 0. The van der Waals surface area contributed by atoms with Crippen LogP contribution in [-0.2, 0) is 0 Å². The van der Waals surface area contributed by atoms with Crippen molar-refractivity contribution in [3.63, 3.8) is 0 Å². The fourth-order valence-electron chi connectivity index (χ4n) is 1.74. The third kappa shape index (κ3) is 2.70. The van der Waals surface area contributed by atoms with Gasteiger partial charge < -0.3 is 5.32 Å². The molecule has 1 aliphatic rings. The molecule has 100 valence electrons. The predicted octanol–water partition coefficient (Wildman–Crippen LogP) is 1.35. The predicted molar refractivity (Wildman–Crippen MR) is 68.8 cm³/mol. The largest absolute Gasteiger partial charge is 0.328 e. The zero-order valence-electron chi connectivity index (χ0n) is 10.3. The first-order valence-electron chi connectivity index (χ1n) is 5.99. The number of aromatic nitrogens is 5. The molecule has 2 amide bonds. The van der Waals surface area contributed by atoms with Crippen molar-refractivity contribution in [1.82, 2.24) is 30.5 Å². The Morgan fingerprint density at radius 1 is 1.58 bits per heavy atom. The number of anilines is 1. The lowest BCUT2D eigenvalue weighted by atomic mass is 10.3. The van der Waals surface area contributed by atoms with Gasteiger partial charge in [0.2, 0.25) is 0 Å². The van der Waals surface area contributed by atoms with Crippen molar-refractivity contribution in [3.8, 4) is 0 Å². The lowest BCUT2D eigenvalue weighted by Crippen LogP contribution is -2.32. The van der Waals surface area contributed by atoms with Crippen molar-refractivity contribution < 1.29 is 4.79 Å². The van der Waals surface area contributed by atoms with Crippen LogP contribution in [0.4, 0.5) is 9.93 Å². The summed E-state index contributed by atoms with van der Waals surface area (Å²) in [7, 11) is 0. The topological polar surface area (TPSA) is 97.6 Å². The molecule has 0 bridgehead atoms. The van der Waals surface area contributed by atoms with Gasteiger partial charge in [0.05, 0.1) is 12.1 Å². The Labute approximate surface area is 113 Å². The Bertz CT molecular complexity index is 562. The van der Waals surface area contributed by atoms with Crippen molar-refractivity contribution in [3.05, 3.63) is 17.4 Å². The fourth-order valence-corrected chi connectivity index (χ4v) is 2.27. The van der Waals surface area contributed by atoms with E-state index in [1.807, 2.05) is 6.92 Å². The van der Waals surface area contributed by atoms with Crippen LogP contribution in [0, 0.1) is 0 Å². The Kier molecular flexibility index (Phi) is 3.11. The van der Waals surface area contributed by atoms with Gasteiger partial charge in [-0.2, -0.15) is 0 Å². The van der Waals surface area contributed by atoms with Crippen LogP contribution < -0.4 is 10.6 Å². The van der Waals surface area contributed by atoms with Crippen molar-refractivity contribution >= 4 is 22.5 Å². The first-order valence-corrected chi connectivity index (χ1v) is 6.87. The maximum atomic E-state index is 11.8. The van der Waals surface area contributed by atoms with Gasteiger partial charge in [-0.15, -0.1) is 16.4 Å². The van der Waals surface area contributed by atoms with E-state index < -0.39 is 0 Å². The number of carbonyl (C=O) groups is 1. The summed E-state index contributed by atoms with van der Waals surface area (Å²) in [6.07, 6.45) is 3.82. The molecule has 2 aromatic rings. The number of nitrogens with one attached hydrogen (secondary N) is 2. The van der Waals surface area contributed by atoms with Gasteiger partial charge in [0.15, 0.2) is 11.0 Å². The Morgan fingerprint density at radius 3 is 3.11 bits per heavy atom. The monoisotopic (exact) mass is 279 g/mol. The van der Waals surface area contributed by atoms with Gasteiger partial charge in [-0.1, -0.05) is 0 Å². The SMILES string of the molecule is C[C@@H](NC(=O)Nc1nccs1)c1nnnn1C1CC1. The number of carbonyl (C=O) groups excluding carboxylic acids is 1. The van der Waals surface area contributed by atoms with Crippen molar-refractivity contribution in [1.29, 1.82) is 0 Å². The van der Waals surface area contributed by atoms with Crippen LogP contribution in [0.15, 0.2) is 11.6 Å². The van der Waals surface area contributed by atoms with Crippen molar-refractivity contribution in [2.24, 2.45) is 0 Å². The second-order valence-electron chi connectivity index (χ2n) is 4.37. The molecule has 0 saturated heterocycles. The summed E-state index contributed by atoms with van der Waals surface area (Å²) in [5.74, 6) is 0.678. The first-order chi connectivity index (χ1) is 9.24. The molecule has 3 rings (SSSR count). The highest BCUT2D eigenvalue weighted by molar-refractivity contribution is 7.13. The molecule has 8 nitrogen and oxygen atoms in total. The molecule has 0 spiro atoms. The standard InChI is InChI=1S/C10H13N7OS/c1-6(8-14-15-16-17(8)7-2-3-7)12-9(18)13-10-11-4-5-19-10/h4-7H,2-3H2,1H3,(H2,11,12,13,18)/t6-/m1/s1. The molecule has 1 atom stereocenters. The molecule has 2 heterocycles. The van der Waals surface area contributed by atoms with Gasteiger partial charge in [0, 0.05) is 11.6 Å². The summed E-state index contributed by atoms with van der Waals surface area (Å²) >= 11 is 1.37. The highest BCUT2D eigenvalue weighted by atomic mass is 32.1. The van der Waals surface area contributed by atoms with Gasteiger partial charge in [-0.05, 0) is 30.2 Å². The van der Waals surface area contributed by atoms with Gasteiger partial charge >= 0.3 is 6.03 Å². The molecule has 0 unspecified atom stereocenters. The van der Waals surface area contributed by atoms with Crippen molar-refractivity contribution in [2.75, 3.05) is 5.32 Å². The number of nitrogens with zero attached hydrogens (tertiary/aromatic N) is 5. The zero-order valence-corrected chi connectivity index (χ0v) is 11.1. The normalized spacial score (nSPS) is 16.1. The fraction of sp³-hybridized carbons (Fsp3) is 0.500. The number of urea groups is 1. The molecule has 1 fully saturated rings. The molecule has 0 radical (unpaired) electrons. The van der Waals surface area contributed by atoms with E-state index >= 15 is 0 Å². The number of tetrazole rings is 1. The van der Waals surface area contributed by atoms with Crippen LogP contribution in [0.1, 0.15) is 37.7 Å². The summed E-state index contributed by atoms with van der Waals surface area (Å²) < 4.78 is 1.79. The highest BCUT2D eigenvalue weighted by Gasteiger charge is 2.29. The molecule has 0 aromatic carbocycles. The Balaban J connectivity index is 1.62. The second-order valence-corrected chi connectivity index (χ2v) is 5.26. The van der Waals surface area contributed by atoms with E-state index in [4.69, 9.17) is 0 Å². The van der Waals surface area contributed by atoms with Gasteiger partial charge in [-0.25, -0.2) is 14.5 Å². The van der Waals surface area contributed by atoms with E-state index in [2.05, 4.69) is 31.1 Å². The molecule has 19 heavy (non-hydrogen) atoms. The van der Waals surface area contributed by atoms with E-state index in [1.165, 1.54) is 11.3 Å². The van der Waals surface area contributed by atoms with E-state index in [-0.39, 0.29) is 12.1 Å². The number of hydrogen-bond acceptors (Lipinski definition) is 6. The molecule has 1 saturated carbocycles. The van der Waals surface area contributed by atoms with Crippen LogP contribution in [0.2, 0.25) is 0 Å². The third-order valence-electron chi connectivity index (χ3n) is 2.80. The number of thiazole rings is 1. The maximum absolute atomic E-state index is 11.8. The molecule has 2 N–H and O–H groups in total. The van der Waals surface area contributed by atoms with E-state index in [0.29, 0.717) is 17.0 Å². The number of rotatable bonds is 4. The lowest BCUT2D eigenvalue weighted by molar-refractivity contribution is 0.248. The van der Waals surface area contributed by atoms with Gasteiger partial charge in [0.25, 0.3) is 0 Å². The average Bonchev–Trinajstić information content (AvgIpc) is 2.91. The molecular weight excluding hydrogens is 266 g/mol. The lowest BCUT2D eigenvalue weighted by Gasteiger charge is -2.13. The quantitative estimate of drug-likeness (QED) is 0.880. The third-order valence-corrected chi connectivity index (χ3v) is 3.49. The first kappa shape index (κ1) is 12.0. The van der Waals surface area contributed by atoms with Crippen LogP contribution in [0.5, 0.6) is 0 Å². The maximum Gasteiger partial charge on any atom is 0.321 e. The number of hydrogen-bond donors (Lipinski definition) is 2. The molecule has 2 aromatic heterocycles. The Hall–Kier alpha value is -2.03. The summed E-state index contributed by atoms with van der Waals surface area (Å²) in [6.45, 7) is 1.85. The highest BCUT2D eigenvalue weighted by Crippen LogP contribution is 2.35. The smallest absolute Gasteiger partial charge is 0.321 e. The molecule has 0 aliphatic heterocycles. The molecule has 9 heteroatoms. The minimum absolute atomic E-state index is 0.254. The van der Waals surface area contributed by atoms with Crippen molar-refractivity contribution in [2.45, 2.75) is 31.8 Å². The van der Waals surface area contributed by atoms with E-state index in [9.17, 15) is 4.79 Å². The number of amides is 2. The Morgan fingerprint density at radius 2 is 2.42 bits per heavy atom. The minimum atomic E-state index is -0.312. The summed E-state index contributed by atoms with van der Waals surface area (Å²) in [5, 5.41) is 19.4. The summed E-state index contributed by atoms with van der Waals surface area (Å²) in [4.78, 5) is 15.8. The zero-order chi connectivity index (χ0) is 13.2. The molecular formula is C10H13N7OS. The van der Waals surface area contributed by atoms with Crippen LogP contribution in [0.3, 0.4) is 0 Å². The van der Waals surface area contributed by atoms with E-state index in [1.54, 1.807) is 16.3 Å².